The van der Waals surface area contributed by atoms with Gasteiger partial charge in [-0.2, -0.15) is 0 Å². The van der Waals surface area contributed by atoms with Crippen LogP contribution in [0.15, 0.2) is 22.7 Å². The molecule has 1 aliphatic rings. The summed E-state index contributed by atoms with van der Waals surface area (Å²) in [4.78, 5) is 24.6. The summed E-state index contributed by atoms with van der Waals surface area (Å²) in [5.41, 5.74) is 0.272. The fraction of sp³-hybridized carbons (Fsp3) is 0.385. The molecule has 1 fully saturated rings. The molecule has 102 valence electrons. The van der Waals surface area contributed by atoms with Crippen molar-refractivity contribution in [3.8, 4) is 0 Å². The van der Waals surface area contributed by atoms with Gasteiger partial charge in [-0.3, -0.25) is 9.59 Å². The third-order valence-electron chi connectivity index (χ3n) is 3.31. The van der Waals surface area contributed by atoms with Crippen LogP contribution in [0.5, 0.6) is 0 Å². The molecule has 2 rings (SSSR count). The number of hydrogen-bond donors (Lipinski definition) is 1. The molecular formula is C13H13BrFNO3. The summed E-state index contributed by atoms with van der Waals surface area (Å²) in [6.07, 6.45) is 0.877. The van der Waals surface area contributed by atoms with Crippen LogP contribution < -0.4 is 0 Å². The number of carbonyl (C=O) groups is 2. The number of benzene rings is 1. The highest BCUT2D eigenvalue weighted by Crippen LogP contribution is 2.24. The van der Waals surface area contributed by atoms with Gasteiger partial charge in [-0.25, -0.2) is 4.39 Å². The molecule has 19 heavy (non-hydrogen) atoms. The molecular weight excluding hydrogens is 317 g/mol. The molecule has 4 nitrogen and oxygen atoms in total. The molecule has 0 spiro atoms. The van der Waals surface area contributed by atoms with Gasteiger partial charge in [0.05, 0.1) is 16.0 Å². The highest BCUT2D eigenvalue weighted by molar-refractivity contribution is 9.10. The molecule has 0 atom stereocenters. The third-order valence-corrected chi connectivity index (χ3v) is 4.12. The molecule has 1 N–H and O–H groups in total. The smallest absolute Gasteiger partial charge is 0.306 e. The summed E-state index contributed by atoms with van der Waals surface area (Å²) >= 11 is 3.07. The molecule has 0 radical (unpaired) electrons. The second kappa shape index (κ2) is 5.69. The predicted molar refractivity (Wildman–Crippen MR) is 70.4 cm³/mol. The van der Waals surface area contributed by atoms with E-state index in [2.05, 4.69) is 15.9 Å². The maximum Gasteiger partial charge on any atom is 0.306 e. The van der Waals surface area contributed by atoms with Crippen molar-refractivity contribution >= 4 is 27.8 Å². The molecule has 0 bridgehead atoms. The van der Waals surface area contributed by atoms with E-state index in [4.69, 9.17) is 5.11 Å². The summed E-state index contributed by atoms with van der Waals surface area (Å²) in [7, 11) is 0. The van der Waals surface area contributed by atoms with Crippen LogP contribution in [0.4, 0.5) is 4.39 Å². The summed E-state index contributed by atoms with van der Waals surface area (Å²) < 4.78 is 13.5. The number of rotatable bonds is 2. The molecule has 0 aromatic heterocycles. The number of nitrogens with zero attached hydrogens (tertiary/aromatic N) is 1. The van der Waals surface area contributed by atoms with Gasteiger partial charge in [-0.05, 0) is 40.9 Å². The summed E-state index contributed by atoms with van der Waals surface area (Å²) in [6.45, 7) is 0.775. The second-order valence-electron chi connectivity index (χ2n) is 4.51. The second-order valence-corrected chi connectivity index (χ2v) is 5.30. The highest BCUT2D eigenvalue weighted by atomic mass is 79.9. The van der Waals surface area contributed by atoms with E-state index in [1.807, 2.05) is 0 Å². The number of likely N-dealkylation sites (tertiary alicyclic amines) is 1. The predicted octanol–water partition coefficient (Wildman–Crippen LogP) is 2.53. The Morgan fingerprint density at radius 1 is 1.32 bits per heavy atom. The van der Waals surface area contributed by atoms with E-state index >= 15 is 0 Å². The molecule has 1 saturated heterocycles. The Morgan fingerprint density at radius 3 is 2.53 bits per heavy atom. The third kappa shape index (κ3) is 2.94. The normalized spacial score (nSPS) is 16.4. The van der Waals surface area contributed by atoms with Crippen molar-refractivity contribution in [1.29, 1.82) is 0 Å². The zero-order valence-electron chi connectivity index (χ0n) is 10.1. The Kier molecular flexibility index (Phi) is 4.19. The van der Waals surface area contributed by atoms with Crippen LogP contribution in [0.2, 0.25) is 0 Å². The molecule has 1 aromatic rings. The zero-order chi connectivity index (χ0) is 14.0. The van der Waals surface area contributed by atoms with E-state index in [0.29, 0.717) is 25.9 Å². The van der Waals surface area contributed by atoms with E-state index in [1.54, 1.807) is 11.0 Å². The largest absolute Gasteiger partial charge is 0.481 e. The quantitative estimate of drug-likeness (QED) is 0.907. The van der Waals surface area contributed by atoms with Crippen LogP contribution in [0, 0.1) is 11.7 Å². The number of carboxylic acid groups (broad SMARTS) is 1. The maximum atomic E-state index is 13.4. The van der Waals surface area contributed by atoms with Crippen molar-refractivity contribution in [3.05, 3.63) is 34.1 Å². The first-order chi connectivity index (χ1) is 9.00. The van der Waals surface area contributed by atoms with Gasteiger partial charge in [0.25, 0.3) is 5.91 Å². The lowest BCUT2D eigenvalue weighted by Crippen LogP contribution is -2.40. The number of piperidine rings is 1. The van der Waals surface area contributed by atoms with Gasteiger partial charge in [-0.1, -0.05) is 6.07 Å². The molecule has 0 unspecified atom stereocenters. The summed E-state index contributed by atoms with van der Waals surface area (Å²) in [5, 5.41) is 8.90. The first-order valence-corrected chi connectivity index (χ1v) is 6.76. The van der Waals surface area contributed by atoms with Crippen LogP contribution in [0.25, 0.3) is 0 Å². The number of aliphatic carboxylic acids is 1. The van der Waals surface area contributed by atoms with E-state index < -0.39 is 11.8 Å². The fourth-order valence-electron chi connectivity index (χ4n) is 2.17. The van der Waals surface area contributed by atoms with Gasteiger partial charge in [0.2, 0.25) is 0 Å². The first kappa shape index (κ1) is 14.0. The molecule has 1 aromatic carbocycles. The van der Waals surface area contributed by atoms with Crippen LogP contribution in [0.1, 0.15) is 23.2 Å². The van der Waals surface area contributed by atoms with Gasteiger partial charge in [0.15, 0.2) is 0 Å². The number of halogens is 2. The lowest BCUT2D eigenvalue weighted by atomic mass is 9.96. The van der Waals surface area contributed by atoms with E-state index in [1.165, 1.54) is 12.1 Å². The minimum atomic E-state index is -0.820. The first-order valence-electron chi connectivity index (χ1n) is 5.97. The van der Waals surface area contributed by atoms with Crippen molar-refractivity contribution in [1.82, 2.24) is 4.90 Å². The average Bonchev–Trinajstić information content (AvgIpc) is 2.41. The van der Waals surface area contributed by atoms with Crippen LogP contribution in [-0.4, -0.2) is 35.0 Å². The van der Waals surface area contributed by atoms with E-state index in [0.717, 1.165) is 0 Å². The Hall–Kier alpha value is -1.43. The molecule has 6 heteroatoms. The van der Waals surface area contributed by atoms with Crippen molar-refractivity contribution < 1.29 is 19.1 Å². The van der Waals surface area contributed by atoms with Gasteiger partial charge in [-0.15, -0.1) is 0 Å². The molecule has 1 aliphatic heterocycles. The van der Waals surface area contributed by atoms with Gasteiger partial charge in [0, 0.05) is 13.1 Å². The molecule has 1 heterocycles. The topological polar surface area (TPSA) is 57.6 Å². The Morgan fingerprint density at radius 2 is 1.95 bits per heavy atom. The van der Waals surface area contributed by atoms with E-state index in [-0.39, 0.29) is 21.9 Å². The Labute approximate surface area is 118 Å². The van der Waals surface area contributed by atoms with Crippen LogP contribution in [0.3, 0.4) is 0 Å². The van der Waals surface area contributed by atoms with Crippen molar-refractivity contribution in [2.75, 3.05) is 13.1 Å². The van der Waals surface area contributed by atoms with Gasteiger partial charge in [0.1, 0.15) is 5.82 Å². The van der Waals surface area contributed by atoms with Crippen molar-refractivity contribution in [3.63, 3.8) is 0 Å². The standard InChI is InChI=1S/C13H13BrFNO3/c14-11-9(2-1-3-10(11)15)12(17)16-6-4-8(5-7-16)13(18)19/h1-3,8H,4-7H2,(H,18,19). The SMILES string of the molecule is O=C(O)C1CCN(C(=O)c2cccc(F)c2Br)CC1. The summed E-state index contributed by atoms with van der Waals surface area (Å²) in [5.74, 6) is -1.96. The molecule has 0 aliphatic carbocycles. The van der Waals surface area contributed by atoms with Crippen molar-refractivity contribution in [2.45, 2.75) is 12.8 Å². The lowest BCUT2D eigenvalue weighted by Gasteiger charge is -2.30. The molecule has 0 saturated carbocycles. The Bertz CT molecular complexity index is 513. The zero-order valence-corrected chi connectivity index (χ0v) is 11.7. The minimum absolute atomic E-state index is 0.153. The number of carbonyl (C=O) groups excluding carboxylic acids is 1. The minimum Gasteiger partial charge on any atom is -0.481 e. The summed E-state index contributed by atoms with van der Waals surface area (Å²) in [6, 6.07) is 4.31. The number of carboxylic acids is 1. The van der Waals surface area contributed by atoms with Crippen LogP contribution in [-0.2, 0) is 4.79 Å². The van der Waals surface area contributed by atoms with Gasteiger partial charge >= 0.3 is 5.97 Å². The van der Waals surface area contributed by atoms with Crippen molar-refractivity contribution in [2.24, 2.45) is 5.92 Å². The van der Waals surface area contributed by atoms with E-state index in [9.17, 15) is 14.0 Å². The monoisotopic (exact) mass is 329 g/mol. The highest BCUT2D eigenvalue weighted by Gasteiger charge is 2.28. The number of amides is 1. The van der Waals surface area contributed by atoms with Crippen LogP contribution >= 0.6 is 15.9 Å². The van der Waals surface area contributed by atoms with Gasteiger partial charge < -0.3 is 10.0 Å². The number of hydrogen-bond acceptors (Lipinski definition) is 2. The lowest BCUT2D eigenvalue weighted by molar-refractivity contribution is -0.143. The molecule has 1 amide bonds. The Balaban J connectivity index is 2.09. The fourth-order valence-corrected chi connectivity index (χ4v) is 2.60. The maximum absolute atomic E-state index is 13.4. The average molecular weight is 330 g/mol.